The molecule has 0 aromatic heterocycles. The summed E-state index contributed by atoms with van der Waals surface area (Å²) >= 11 is 0. The SMILES string of the molecule is CC(C)C1(C(=O)O)CCC(C)(C(=O)O)O1. The first kappa shape index (κ1) is 12.0. The van der Waals surface area contributed by atoms with Crippen molar-refractivity contribution < 1.29 is 24.5 Å². The fourth-order valence-electron chi connectivity index (χ4n) is 1.88. The first-order valence-corrected chi connectivity index (χ1v) is 4.91. The van der Waals surface area contributed by atoms with Gasteiger partial charge in [0.1, 0.15) is 0 Å². The van der Waals surface area contributed by atoms with Gasteiger partial charge in [0, 0.05) is 0 Å². The lowest BCUT2D eigenvalue weighted by molar-refractivity contribution is -0.190. The van der Waals surface area contributed by atoms with Crippen LogP contribution in [-0.2, 0) is 14.3 Å². The molecule has 0 aromatic rings. The molecule has 1 saturated heterocycles. The first-order valence-electron chi connectivity index (χ1n) is 4.91. The zero-order valence-electron chi connectivity index (χ0n) is 9.11. The normalized spacial score (nSPS) is 35.7. The van der Waals surface area contributed by atoms with Gasteiger partial charge in [0.15, 0.2) is 11.2 Å². The zero-order chi connectivity index (χ0) is 11.9. The maximum atomic E-state index is 11.2. The number of carbonyl (C=O) groups is 2. The van der Waals surface area contributed by atoms with Crippen LogP contribution in [0.3, 0.4) is 0 Å². The maximum Gasteiger partial charge on any atom is 0.336 e. The maximum absolute atomic E-state index is 11.2. The molecule has 1 aliphatic heterocycles. The third-order valence-corrected chi connectivity index (χ3v) is 3.13. The highest BCUT2D eigenvalue weighted by atomic mass is 16.6. The van der Waals surface area contributed by atoms with Gasteiger partial charge in [-0.15, -0.1) is 0 Å². The smallest absolute Gasteiger partial charge is 0.336 e. The number of ether oxygens (including phenoxy) is 1. The second-order valence-electron chi connectivity index (χ2n) is 4.49. The van der Waals surface area contributed by atoms with Gasteiger partial charge in [-0.3, -0.25) is 0 Å². The van der Waals surface area contributed by atoms with E-state index in [4.69, 9.17) is 14.9 Å². The summed E-state index contributed by atoms with van der Waals surface area (Å²) in [4.78, 5) is 22.1. The molecular weight excluding hydrogens is 200 g/mol. The second kappa shape index (κ2) is 3.48. The molecule has 5 heteroatoms. The molecule has 15 heavy (non-hydrogen) atoms. The molecular formula is C10H16O5. The van der Waals surface area contributed by atoms with Crippen molar-refractivity contribution >= 4 is 11.9 Å². The highest BCUT2D eigenvalue weighted by Gasteiger charge is 2.56. The Morgan fingerprint density at radius 1 is 1.20 bits per heavy atom. The van der Waals surface area contributed by atoms with Crippen LogP contribution < -0.4 is 0 Å². The molecule has 0 saturated carbocycles. The molecule has 2 atom stereocenters. The molecule has 1 rings (SSSR count). The van der Waals surface area contributed by atoms with Crippen molar-refractivity contribution in [1.29, 1.82) is 0 Å². The fourth-order valence-corrected chi connectivity index (χ4v) is 1.88. The summed E-state index contributed by atoms with van der Waals surface area (Å²) < 4.78 is 5.32. The number of aliphatic carboxylic acids is 2. The van der Waals surface area contributed by atoms with Gasteiger partial charge in [0.2, 0.25) is 0 Å². The Labute approximate surface area is 88.0 Å². The molecule has 1 fully saturated rings. The molecule has 2 unspecified atom stereocenters. The van der Waals surface area contributed by atoms with Gasteiger partial charge >= 0.3 is 11.9 Å². The van der Waals surface area contributed by atoms with Gasteiger partial charge < -0.3 is 14.9 Å². The van der Waals surface area contributed by atoms with E-state index >= 15 is 0 Å². The van der Waals surface area contributed by atoms with Crippen LogP contribution in [0.25, 0.3) is 0 Å². The summed E-state index contributed by atoms with van der Waals surface area (Å²) in [5.74, 6) is -2.44. The van der Waals surface area contributed by atoms with Crippen molar-refractivity contribution in [3.63, 3.8) is 0 Å². The minimum atomic E-state index is -1.37. The number of rotatable bonds is 3. The van der Waals surface area contributed by atoms with Crippen molar-refractivity contribution in [2.24, 2.45) is 5.92 Å². The van der Waals surface area contributed by atoms with Crippen molar-refractivity contribution in [2.75, 3.05) is 0 Å². The highest BCUT2D eigenvalue weighted by molar-refractivity contribution is 5.82. The fraction of sp³-hybridized carbons (Fsp3) is 0.800. The predicted octanol–water partition coefficient (Wildman–Crippen LogP) is 1.12. The number of carboxylic acids is 2. The van der Waals surface area contributed by atoms with Gasteiger partial charge in [-0.1, -0.05) is 13.8 Å². The summed E-state index contributed by atoms with van der Waals surface area (Å²) in [6.07, 6.45) is 0.468. The van der Waals surface area contributed by atoms with E-state index in [0.29, 0.717) is 0 Å². The molecule has 1 aliphatic rings. The van der Waals surface area contributed by atoms with Crippen LogP contribution in [-0.4, -0.2) is 33.4 Å². The third-order valence-electron chi connectivity index (χ3n) is 3.13. The Bertz CT molecular complexity index is 298. The van der Waals surface area contributed by atoms with Crippen molar-refractivity contribution in [3.8, 4) is 0 Å². The molecule has 1 heterocycles. The largest absolute Gasteiger partial charge is 0.479 e. The van der Waals surface area contributed by atoms with E-state index in [1.54, 1.807) is 13.8 Å². The van der Waals surface area contributed by atoms with Crippen LogP contribution in [0.15, 0.2) is 0 Å². The molecule has 0 amide bonds. The van der Waals surface area contributed by atoms with Crippen LogP contribution in [0.2, 0.25) is 0 Å². The van der Waals surface area contributed by atoms with E-state index < -0.39 is 23.1 Å². The molecule has 0 aromatic carbocycles. The summed E-state index contributed by atoms with van der Waals surface area (Å²) in [6, 6.07) is 0. The van der Waals surface area contributed by atoms with Crippen molar-refractivity contribution in [3.05, 3.63) is 0 Å². The number of hydrogen-bond acceptors (Lipinski definition) is 3. The van der Waals surface area contributed by atoms with E-state index in [0.717, 1.165) is 0 Å². The number of carboxylic acid groups (broad SMARTS) is 2. The quantitative estimate of drug-likeness (QED) is 0.738. The Kier molecular flexibility index (Phi) is 2.78. The van der Waals surface area contributed by atoms with E-state index in [-0.39, 0.29) is 18.8 Å². The first-order chi connectivity index (χ1) is 6.74. The van der Waals surface area contributed by atoms with Crippen molar-refractivity contribution in [1.82, 2.24) is 0 Å². The van der Waals surface area contributed by atoms with Crippen LogP contribution in [0, 0.1) is 5.92 Å². The lowest BCUT2D eigenvalue weighted by Crippen LogP contribution is -2.47. The molecule has 0 spiro atoms. The summed E-state index contributed by atoms with van der Waals surface area (Å²) in [6.45, 7) is 4.87. The van der Waals surface area contributed by atoms with Gasteiger partial charge in [-0.2, -0.15) is 0 Å². The molecule has 0 bridgehead atoms. The molecule has 86 valence electrons. The Hall–Kier alpha value is -1.10. The molecule has 0 radical (unpaired) electrons. The molecule has 2 N–H and O–H groups in total. The van der Waals surface area contributed by atoms with Crippen LogP contribution in [0.5, 0.6) is 0 Å². The summed E-state index contributed by atoms with van der Waals surface area (Å²) in [5, 5.41) is 18.1. The summed E-state index contributed by atoms with van der Waals surface area (Å²) in [7, 11) is 0. The lowest BCUT2D eigenvalue weighted by Gasteiger charge is -2.30. The van der Waals surface area contributed by atoms with E-state index in [1.807, 2.05) is 0 Å². The van der Waals surface area contributed by atoms with E-state index in [9.17, 15) is 9.59 Å². The van der Waals surface area contributed by atoms with Gasteiger partial charge in [-0.05, 0) is 25.7 Å². The monoisotopic (exact) mass is 216 g/mol. The second-order valence-corrected chi connectivity index (χ2v) is 4.49. The Morgan fingerprint density at radius 2 is 1.73 bits per heavy atom. The third kappa shape index (κ3) is 1.71. The lowest BCUT2D eigenvalue weighted by atomic mass is 9.87. The van der Waals surface area contributed by atoms with E-state index in [2.05, 4.69) is 0 Å². The Balaban J connectivity index is 3.00. The minimum Gasteiger partial charge on any atom is -0.479 e. The standard InChI is InChI=1S/C10H16O5/c1-6(2)10(8(13)14)5-4-9(3,15-10)7(11)12/h6H,4-5H2,1-3H3,(H,11,12)(H,13,14). The highest BCUT2D eigenvalue weighted by Crippen LogP contribution is 2.42. The number of hydrogen-bond donors (Lipinski definition) is 2. The average molecular weight is 216 g/mol. The zero-order valence-corrected chi connectivity index (χ0v) is 9.11. The summed E-state index contributed by atoms with van der Waals surface area (Å²) in [5.41, 5.74) is -2.73. The average Bonchev–Trinajstić information content (AvgIpc) is 2.46. The minimum absolute atomic E-state index is 0.229. The van der Waals surface area contributed by atoms with Gasteiger partial charge in [0.05, 0.1) is 0 Å². The predicted molar refractivity (Wildman–Crippen MR) is 51.6 cm³/mol. The molecule has 0 aliphatic carbocycles. The van der Waals surface area contributed by atoms with Crippen LogP contribution >= 0.6 is 0 Å². The van der Waals surface area contributed by atoms with Crippen molar-refractivity contribution in [2.45, 2.75) is 44.8 Å². The van der Waals surface area contributed by atoms with E-state index in [1.165, 1.54) is 6.92 Å². The van der Waals surface area contributed by atoms with Gasteiger partial charge in [-0.25, -0.2) is 9.59 Å². The molecule has 5 nitrogen and oxygen atoms in total. The topological polar surface area (TPSA) is 83.8 Å². The van der Waals surface area contributed by atoms with Crippen LogP contribution in [0.1, 0.15) is 33.6 Å². The van der Waals surface area contributed by atoms with Crippen LogP contribution in [0.4, 0.5) is 0 Å². The Morgan fingerprint density at radius 3 is 1.93 bits per heavy atom. The van der Waals surface area contributed by atoms with Gasteiger partial charge in [0.25, 0.3) is 0 Å².